The number of hydrogen-bond acceptors (Lipinski definition) is 6. The first-order valence-electron chi connectivity index (χ1n) is 7.88. The number of nitro groups is 2. The Labute approximate surface area is 134 Å². The molecule has 0 bridgehead atoms. The first-order valence-corrected chi connectivity index (χ1v) is 7.88. The van der Waals surface area contributed by atoms with Crippen molar-refractivity contribution in [2.45, 2.75) is 57.6 Å². The van der Waals surface area contributed by atoms with Crippen LogP contribution < -0.4 is 5.32 Å². The van der Waals surface area contributed by atoms with Gasteiger partial charge in [0.05, 0.1) is 15.8 Å². The quantitative estimate of drug-likeness (QED) is 0.615. The molecule has 2 aliphatic carbocycles. The molecule has 0 spiro atoms. The summed E-state index contributed by atoms with van der Waals surface area (Å²) >= 11 is 0. The predicted octanol–water partition coefficient (Wildman–Crippen LogP) is 2.61. The molecule has 0 amide bonds. The number of rotatable bonds is 5. The minimum Gasteiger partial charge on any atom is -0.373 e. The first-order chi connectivity index (χ1) is 10.8. The third kappa shape index (κ3) is 3.36. The van der Waals surface area contributed by atoms with Gasteiger partial charge in [0.25, 0.3) is 11.4 Å². The second-order valence-electron chi connectivity index (χ2n) is 6.39. The van der Waals surface area contributed by atoms with Crippen molar-refractivity contribution in [2.75, 3.05) is 7.11 Å². The standard InChI is InChI=1S/C15H23N3O5/c1-10-14(18(21)22)13(16-11-7-5-4-6-8-11)12(17(19)20)9-15(10,2)23-3/h9-11,16H,4-8H2,1-3H3. The average molecular weight is 325 g/mol. The fraction of sp³-hybridized carbons (Fsp3) is 0.733. The van der Waals surface area contributed by atoms with Gasteiger partial charge in [-0.25, -0.2) is 0 Å². The smallest absolute Gasteiger partial charge is 0.298 e. The molecule has 1 fully saturated rings. The van der Waals surface area contributed by atoms with Crippen LogP contribution in [0, 0.1) is 26.1 Å². The van der Waals surface area contributed by atoms with E-state index in [0.717, 1.165) is 32.1 Å². The molecule has 8 nitrogen and oxygen atoms in total. The summed E-state index contributed by atoms with van der Waals surface area (Å²) < 4.78 is 5.34. The van der Waals surface area contributed by atoms with E-state index in [0.29, 0.717) is 0 Å². The average Bonchev–Trinajstić information content (AvgIpc) is 2.51. The summed E-state index contributed by atoms with van der Waals surface area (Å²) in [7, 11) is 1.40. The van der Waals surface area contributed by atoms with Crippen molar-refractivity contribution in [1.29, 1.82) is 0 Å². The molecule has 2 unspecified atom stereocenters. The molecule has 0 aromatic heterocycles. The topological polar surface area (TPSA) is 108 Å². The lowest BCUT2D eigenvalue weighted by molar-refractivity contribution is -0.450. The third-order valence-electron chi connectivity index (χ3n) is 4.99. The van der Waals surface area contributed by atoms with Gasteiger partial charge in [-0.2, -0.15) is 0 Å². The van der Waals surface area contributed by atoms with E-state index in [1.807, 2.05) is 0 Å². The summed E-state index contributed by atoms with van der Waals surface area (Å²) in [6, 6.07) is 0.0381. The summed E-state index contributed by atoms with van der Waals surface area (Å²) in [5.41, 5.74) is -1.49. The molecule has 0 aromatic rings. The van der Waals surface area contributed by atoms with E-state index in [1.54, 1.807) is 13.8 Å². The lowest BCUT2D eigenvalue weighted by atomic mass is 9.81. The van der Waals surface area contributed by atoms with E-state index in [2.05, 4.69) is 5.32 Å². The summed E-state index contributed by atoms with van der Waals surface area (Å²) in [6.45, 7) is 3.29. The second kappa shape index (κ2) is 6.66. The van der Waals surface area contributed by atoms with E-state index >= 15 is 0 Å². The Morgan fingerprint density at radius 1 is 1.22 bits per heavy atom. The fourth-order valence-corrected chi connectivity index (χ4v) is 3.32. The fourth-order valence-electron chi connectivity index (χ4n) is 3.32. The van der Waals surface area contributed by atoms with Crippen LogP contribution in [-0.2, 0) is 4.74 Å². The predicted molar refractivity (Wildman–Crippen MR) is 83.7 cm³/mol. The van der Waals surface area contributed by atoms with Gasteiger partial charge in [0.2, 0.25) is 0 Å². The molecule has 2 aliphatic rings. The van der Waals surface area contributed by atoms with Gasteiger partial charge in [0.1, 0.15) is 5.60 Å². The molecular formula is C15H23N3O5. The highest BCUT2D eigenvalue weighted by molar-refractivity contribution is 5.36. The maximum absolute atomic E-state index is 11.6. The van der Waals surface area contributed by atoms with E-state index in [-0.39, 0.29) is 23.1 Å². The molecule has 2 rings (SSSR count). The number of methoxy groups -OCH3 is 1. The normalized spacial score (nSPS) is 29.2. The van der Waals surface area contributed by atoms with Crippen LogP contribution in [0.5, 0.6) is 0 Å². The molecule has 1 saturated carbocycles. The Hall–Kier alpha value is -1.96. The maximum Gasteiger partial charge on any atom is 0.298 e. The van der Waals surface area contributed by atoms with Crippen molar-refractivity contribution in [2.24, 2.45) is 5.92 Å². The summed E-state index contributed by atoms with van der Waals surface area (Å²) in [6.07, 6.45) is 6.32. The molecule has 1 N–H and O–H groups in total. The summed E-state index contributed by atoms with van der Waals surface area (Å²) in [4.78, 5) is 22.0. The maximum atomic E-state index is 11.6. The number of nitrogens with one attached hydrogen (secondary N) is 1. The third-order valence-corrected chi connectivity index (χ3v) is 4.99. The first kappa shape index (κ1) is 17.4. The van der Waals surface area contributed by atoms with Crippen LogP contribution in [0.2, 0.25) is 0 Å². The van der Waals surface area contributed by atoms with Crippen molar-refractivity contribution in [1.82, 2.24) is 5.32 Å². The van der Waals surface area contributed by atoms with Crippen molar-refractivity contribution in [3.05, 3.63) is 43.4 Å². The zero-order valence-corrected chi connectivity index (χ0v) is 13.7. The van der Waals surface area contributed by atoms with Gasteiger partial charge in [-0.05, 0) is 26.7 Å². The van der Waals surface area contributed by atoms with Crippen LogP contribution in [0.15, 0.2) is 23.2 Å². The molecular weight excluding hydrogens is 302 g/mol. The number of hydrogen-bond donors (Lipinski definition) is 1. The van der Waals surface area contributed by atoms with E-state index in [4.69, 9.17) is 4.74 Å². The highest BCUT2D eigenvalue weighted by Gasteiger charge is 2.48. The van der Waals surface area contributed by atoms with Gasteiger partial charge in [0.15, 0.2) is 5.70 Å². The van der Waals surface area contributed by atoms with Gasteiger partial charge < -0.3 is 10.1 Å². The number of nitrogens with zero attached hydrogens (tertiary/aromatic N) is 2. The van der Waals surface area contributed by atoms with Crippen LogP contribution in [-0.4, -0.2) is 28.6 Å². The molecule has 23 heavy (non-hydrogen) atoms. The molecule has 0 saturated heterocycles. The molecule has 0 aliphatic heterocycles. The van der Waals surface area contributed by atoms with Gasteiger partial charge in [-0.1, -0.05) is 19.3 Å². The van der Waals surface area contributed by atoms with E-state index < -0.39 is 21.4 Å². The molecule has 8 heteroatoms. The lowest BCUT2D eigenvalue weighted by Gasteiger charge is -2.34. The van der Waals surface area contributed by atoms with E-state index in [1.165, 1.54) is 13.2 Å². The van der Waals surface area contributed by atoms with Crippen molar-refractivity contribution < 1.29 is 14.6 Å². The van der Waals surface area contributed by atoms with Crippen molar-refractivity contribution in [3.8, 4) is 0 Å². The summed E-state index contributed by atoms with van der Waals surface area (Å²) in [5, 5.41) is 26.1. The SMILES string of the molecule is COC1(C)C=C([N+](=O)[O-])C(NC2CCCCC2)=C([N+](=O)[O-])C1C. The van der Waals surface area contributed by atoms with Crippen molar-refractivity contribution in [3.63, 3.8) is 0 Å². The highest BCUT2D eigenvalue weighted by Crippen LogP contribution is 2.38. The van der Waals surface area contributed by atoms with Crippen LogP contribution in [0.3, 0.4) is 0 Å². The molecule has 0 radical (unpaired) electrons. The lowest BCUT2D eigenvalue weighted by Crippen LogP contribution is -2.44. The van der Waals surface area contributed by atoms with Crippen LogP contribution in [0.4, 0.5) is 0 Å². The monoisotopic (exact) mass is 325 g/mol. The van der Waals surface area contributed by atoms with Crippen molar-refractivity contribution >= 4 is 0 Å². The minimum absolute atomic E-state index is 0.0360. The van der Waals surface area contributed by atoms with Crippen LogP contribution in [0.1, 0.15) is 46.0 Å². The molecule has 128 valence electrons. The zero-order chi connectivity index (χ0) is 17.2. The molecule has 2 atom stereocenters. The number of ether oxygens (including phenoxy) is 1. The Kier molecular flexibility index (Phi) is 5.03. The van der Waals surface area contributed by atoms with Gasteiger partial charge in [0, 0.05) is 19.2 Å². The van der Waals surface area contributed by atoms with Crippen LogP contribution >= 0.6 is 0 Å². The Morgan fingerprint density at radius 2 is 1.83 bits per heavy atom. The summed E-state index contributed by atoms with van der Waals surface area (Å²) in [5.74, 6) is -0.600. The van der Waals surface area contributed by atoms with Gasteiger partial charge in [-0.15, -0.1) is 0 Å². The van der Waals surface area contributed by atoms with Crippen LogP contribution in [0.25, 0.3) is 0 Å². The highest BCUT2D eigenvalue weighted by atomic mass is 16.6. The Bertz CT molecular complexity index is 565. The zero-order valence-electron chi connectivity index (χ0n) is 13.7. The van der Waals surface area contributed by atoms with E-state index in [9.17, 15) is 20.2 Å². The molecule has 0 heterocycles. The largest absolute Gasteiger partial charge is 0.373 e. The molecule has 0 aromatic carbocycles. The Balaban J connectivity index is 2.48. The second-order valence-corrected chi connectivity index (χ2v) is 6.39. The van der Waals surface area contributed by atoms with Gasteiger partial charge in [-0.3, -0.25) is 20.2 Å². The minimum atomic E-state index is -1.08. The van der Waals surface area contributed by atoms with Gasteiger partial charge >= 0.3 is 0 Å². The Morgan fingerprint density at radius 3 is 2.30 bits per heavy atom.